The number of hydrogen-bond donors (Lipinski definition) is 4. The molecule has 0 radical (unpaired) electrons. The van der Waals surface area contributed by atoms with E-state index in [9.17, 15) is 9.90 Å². The average Bonchev–Trinajstić information content (AvgIpc) is 3.07. The molecule has 0 aliphatic rings. The first-order chi connectivity index (χ1) is 14.5. The maximum atomic E-state index is 12.7. The zero-order valence-electron chi connectivity index (χ0n) is 16.2. The van der Waals surface area contributed by atoms with Crippen LogP contribution in [0.3, 0.4) is 0 Å². The van der Waals surface area contributed by atoms with E-state index in [1.807, 2.05) is 24.3 Å². The lowest BCUT2D eigenvalue weighted by Crippen LogP contribution is -2.01. The molecule has 4 rings (SSSR count). The molecular formula is C24H21N3O3. The number of aliphatic imine (C=N–C) groups is 1. The lowest BCUT2D eigenvalue weighted by atomic mass is 10.0. The number of benzene rings is 3. The van der Waals surface area contributed by atoms with Crippen LogP contribution in [0, 0.1) is 0 Å². The Morgan fingerprint density at radius 1 is 1.03 bits per heavy atom. The number of nitrogen functional groups attached to an aromatic ring is 1. The third-order valence-corrected chi connectivity index (χ3v) is 4.91. The molecule has 6 nitrogen and oxygen atoms in total. The SMILES string of the molecule is Nc1cccc(C(=O)c2ccc3c(C=Nc4ccc(CCO)cc4)c(O)[nH]c3c2)c1. The van der Waals surface area contributed by atoms with E-state index in [0.717, 1.165) is 16.6 Å². The third-order valence-electron chi connectivity index (χ3n) is 4.91. The number of rotatable bonds is 6. The Balaban J connectivity index is 1.62. The van der Waals surface area contributed by atoms with Gasteiger partial charge in [0.1, 0.15) is 0 Å². The van der Waals surface area contributed by atoms with Gasteiger partial charge in [0.05, 0.1) is 11.3 Å². The van der Waals surface area contributed by atoms with Gasteiger partial charge in [-0.05, 0) is 42.3 Å². The molecule has 0 aliphatic carbocycles. The smallest absolute Gasteiger partial charge is 0.198 e. The molecule has 6 heteroatoms. The number of aromatic hydroxyl groups is 1. The number of carbonyl (C=O) groups is 1. The topological polar surface area (TPSA) is 112 Å². The second-order valence-corrected chi connectivity index (χ2v) is 7.00. The van der Waals surface area contributed by atoms with E-state index in [0.29, 0.717) is 34.3 Å². The molecule has 0 aliphatic heterocycles. The van der Waals surface area contributed by atoms with E-state index in [1.54, 1.807) is 48.7 Å². The first kappa shape index (κ1) is 19.4. The zero-order chi connectivity index (χ0) is 21.1. The zero-order valence-corrected chi connectivity index (χ0v) is 16.2. The van der Waals surface area contributed by atoms with Gasteiger partial charge < -0.3 is 20.9 Å². The van der Waals surface area contributed by atoms with Crippen LogP contribution in [0.5, 0.6) is 5.88 Å². The summed E-state index contributed by atoms with van der Waals surface area (Å²) in [5.41, 5.74) is 10.3. The highest BCUT2D eigenvalue weighted by atomic mass is 16.3. The van der Waals surface area contributed by atoms with Crippen LogP contribution in [0.15, 0.2) is 71.7 Å². The highest BCUT2D eigenvalue weighted by molar-refractivity contribution is 6.12. The number of carbonyl (C=O) groups excluding carboxylic acids is 1. The van der Waals surface area contributed by atoms with Crippen molar-refractivity contribution in [1.29, 1.82) is 0 Å². The second-order valence-electron chi connectivity index (χ2n) is 7.00. The highest BCUT2D eigenvalue weighted by Crippen LogP contribution is 2.28. The number of aromatic nitrogens is 1. The van der Waals surface area contributed by atoms with E-state index in [4.69, 9.17) is 10.8 Å². The molecule has 0 amide bonds. The predicted octanol–water partition coefficient (Wildman–Crippen LogP) is 3.97. The molecule has 1 aromatic heterocycles. The van der Waals surface area contributed by atoms with Crippen molar-refractivity contribution in [1.82, 2.24) is 4.98 Å². The van der Waals surface area contributed by atoms with Crippen molar-refractivity contribution < 1.29 is 15.0 Å². The van der Waals surface area contributed by atoms with Gasteiger partial charge in [0.2, 0.25) is 0 Å². The third kappa shape index (κ3) is 3.94. The molecule has 0 bridgehead atoms. The first-order valence-electron chi connectivity index (χ1n) is 9.54. The summed E-state index contributed by atoms with van der Waals surface area (Å²) < 4.78 is 0. The van der Waals surface area contributed by atoms with Crippen molar-refractivity contribution in [3.8, 4) is 5.88 Å². The molecule has 0 unspecified atom stereocenters. The van der Waals surface area contributed by atoms with Crippen LogP contribution in [0.25, 0.3) is 10.9 Å². The van der Waals surface area contributed by atoms with Crippen molar-refractivity contribution in [2.75, 3.05) is 12.3 Å². The second kappa shape index (κ2) is 8.23. The highest BCUT2D eigenvalue weighted by Gasteiger charge is 2.14. The molecule has 150 valence electrons. The molecule has 3 aromatic carbocycles. The van der Waals surface area contributed by atoms with Crippen molar-refractivity contribution in [2.45, 2.75) is 6.42 Å². The maximum Gasteiger partial charge on any atom is 0.198 e. The standard InChI is InChI=1S/C24H21N3O3/c25-18-3-1-2-16(12-18)23(29)17-6-9-20-21(24(30)27-22(20)13-17)14-26-19-7-4-15(5-8-19)10-11-28/h1-9,12-14,27-28,30H,10-11,25H2. The molecule has 1 heterocycles. The lowest BCUT2D eigenvalue weighted by Gasteiger charge is -2.03. The molecule has 4 aromatic rings. The minimum atomic E-state index is -0.142. The van der Waals surface area contributed by atoms with E-state index < -0.39 is 0 Å². The quantitative estimate of drug-likeness (QED) is 0.223. The molecular weight excluding hydrogens is 378 g/mol. The Morgan fingerprint density at radius 2 is 1.80 bits per heavy atom. The Morgan fingerprint density at radius 3 is 2.53 bits per heavy atom. The number of nitrogens with two attached hydrogens (primary N) is 1. The number of fused-ring (bicyclic) bond motifs is 1. The monoisotopic (exact) mass is 399 g/mol. The van der Waals surface area contributed by atoms with Crippen molar-refractivity contribution in [3.05, 3.63) is 89.0 Å². The van der Waals surface area contributed by atoms with Gasteiger partial charge in [0.15, 0.2) is 11.7 Å². The Hall–Kier alpha value is -3.90. The normalized spacial score (nSPS) is 11.4. The summed E-state index contributed by atoms with van der Waals surface area (Å²) in [7, 11) is 0. The molecule has 0 saturated carbocycles. The summed E-state index contributed by atoms with van der Waals surface area (Å²) in [4.78, 5) is 20.1. The van der Waals surface area contributed by atoms with E-state index in [-0.39, 0.29) is 18.3 Å². The molecule has 0 atom stereocenters. The van der Waals surface area contributed by atoms with Crippen LogP contribution in [0.4, 0.5) is 11.4 Å². The fourth-order valence-electron chi connectivity index (χ4n) is 3.34. The van der Waals surface area contributed by atoms with Gasteiger partial charge in [-0.25, -0.2) is 0 Å². The maximum absolute atomic E-state index is 12.7. The number of anilines is 1. The summed E-state index contributed by atoms with van der Waals surface area (Å²) in [6, 6.07) is 19.6. The van der Waals surface area contributed by atoms with Crippen LogP contribution in [-0.4, -0.2) is 33.8 Å². The Bertz CT molecular complexity index is 1240. The Kier molecular flexibility index (Phi) is 5.32. The lowest BCUT2D eigenvalue weighted by molar-refractivity contribution is 0.103. The number of nitrogens with zero attached hydrogens (tertiary/aromatic N) is 1. The number of aromatic amines is 1. The van der Waals surface area contributed by atoms with Crippen LogP contribution in [0.1, 0.15) is 27.0 Å². The van der Waals surface area contributed by atoms with Gasteiger partial charge in [0.25, 0.3) is 0 Å². The van der Waals surface area contributed by atoms with Crippen LogP contribution in [-0.2, 0) is 6.42 Å². The number of aliphatic hydroxyl groups is 1. The summed E-state index contributed by atoms with van der Waals surface area (Å²) in [5, 5.41) is 20.1. The molecule has 30 heavy (non-hydrogen) atoms. The summed E-state index contributed by atoms with van der Waals surface area (Å²) in [6.07, 6.45) is 2.19. The predicted molar refractivity (Wildman–Crippen MR) is 119 cm³/mol. The van der Waals surface area contributed by atoms with Crippen LogP contribution in [0.2, 0.25) is 0 Å². The van der Waals surface area contributed by atoms with E-state index >= 15 is 0 Å². The molecule has 0 saturated heterocycles. The van der Waals surface area contributed by atoms with Crippen LogP contribution >= 0.6 is 0 Å². The van der Waals surface area contributed by atoms with Gasteiger partial charge in [-0.3, -0.25) is 9.79 Å². The minimum absolute atomic E-state index is 0.0146. The van der Waals surface area contributed by atoms with Crippen LogP contribution < -0.4 is 5.73 Å². The number of nitrogens with one attached hydrogen (secondary N) is 1. The first-order valence-corrected chi connectivity index (χ1v) is 9.54. The average molecular weight is 399 g/mol. The van der Waals surface area contributed by atoms with Gasteiger partial charge in [-0.2, -0.15) is 0 Å². The molecule has 5 N–H and O–H groups in total. The van der Waals surface area contributed by atoms with Crippen molar-refractivity contribution in [3.63, 3.8) is 0 Å². The van der Waals surface area contributed by atoms with E-state index in [2.05, 4.69) is 9.98 Å². The Labute approximate surface area is 173 Å². The molecule has 0 fully saturated rings. The summed E-state index contributed by atoms with van der Waals surface area (Å²) >= 11 is 0. The largest absolute Gasteiger partial charge is 0.494 e. The van der Waals surface area contributed by atoms with Crippen molar-refractivity contribution >= 4 is 34.3 Å². The van der Waals surface area contributed by atoms with Gasteiger partial charge in [-0.15, -0.1) is 0 Å². The summed E-state index contributed by atoms with van der Waals surface area (Å²) in [5.74, 6) is -0.157. The fourth-order valence-corrected chi connectivity index (χ4v) is 3.34. The number of ketones is 1. The minimum Gasteiger partial charge on any atom is -0.494 e. The number of hydrogen-bond acceptors (Lipinski definition) is 5. The van der Waals surface area contributed by atoms with Gasteiger partial charge in [0, 0.05) is 40.5 Å². The molecule has 0 spiro atoms. The van der Waals surface area contributed by atoms with E-state index in [1.165, 1.54) is 0 Å². The number of H-pyrrole nitrogens is 1. The van der Waals surface area contributed by atoms with Crippen molar-refractivity contribution in [2.24, 2.45) is 4.99 Å². The fraction of sp³-hybridized carbons (Fsp3) is 0.0833. The summed E-state index contributed by atoms with van der Waals surface area (Å²) in [6.45, 7) is 0.105. The van der Waals surface area contributed by atoms with Gasteiger partial charge in [-0.1, -0.05) is 36.4 Å². The number of aliphatic hydroxyl groups excluding tert-OH is 1. The van der Waals surface area contributed by atoms with Gasteiger partial charge >= 0.3 is 0 Å².